The maximum atomic E-state index is 4.29. The van der Waals surface area contributed by atoms with Crippen LogP contribution in [0.3, 0.4) is 0 Å². The highest BCUT2D eigenvalue weighted by atomic mass is 127. The Hall–Kier alpha value is -0.560. The van der Waals surface area contributed by atoms with E-state index in [-0.39, 0.29) is 29.5 Å². The predicted molar refractivity (Wildman–Crippen MR) is 110 cm³/mol. The van der Waals surface area contributed by atoms with Crippen LogP contribution in [0.2, 0.25) is 0 Å². The number of nitrogens with zero attached hydrogens (tertiary/aromatic N) is 2. The molecule has 0 aromatic heterocycles. The summed E-state index contributed by atoms with van der Waals surface area (Å²) in [5.74, 6) is 1.37. The van der Waals surface area contributed by atoms with Gasteiger partial charge in [0, 0.05) is 38.3 Å². The molecule has 1 atom stereocenters. The predicted octanol–water partition coefficient (Wildman–Crippen LogP) is 3.27. The fraction of sp³-hybridized carbons (Fsp3) is 0.706. The number of aliphatic imine (C=N–C) groups is 1. The van der Waals surface area contributed by atoms with Gasteiger partial charge in [0.1, 0.15) is 0 Å². The third kappa shape index (κ3) is 10.2. The van der Waals surface area contributed by atoms with Crippen molar-refractivity contribution in [3.8, 4) is 0 Å². The normalized spacial score (nSPS) is 13.5. The van der Waals surface area contributed by atoms with E-state index in [1.165, 1.54) is 0 Å². The first-order valence-electron chi connectivity index (χ1n) is 7.69. The van der Waals surface area contributed by atoms with Gasteiger partial charge in [-0.05, 0) is 26.7 Å². The highest BCUT2D eigenvalue weighted by Crippen LogP contribution is 2.10. The van der Waals surface area contributed by atoms with Gasteiger partial charge in [-0.15, -0.1) is 37.1 Å². The largest absolute Gasteiger partial charge is 0.355 e. The van der Waals surface area contributed by atoms with Gasteiger partial charge in [0.05, 0.1) is 0 Å². The van der Waals surface area contributed by atoms with Crippen LogP contribution in [0, 0.1) is 5.92 Å². The lowest BCUT2D eigenvalue weighted by atomic mass is 10.0. The van der Waals surface area contributed by atoms with Crippen LogP contribution in [-0.2, 0) is 0 Å². The van der Waals surface area contributed by atoms with Gasteiger partial charge in [-0.2, -0.15) is 0 Å². The second-order valence-electron chi connectivity index (χ2n) is 6.67. The number of nitrogens with one attached hydrogen (secondary N) is 2. The molecule has 0 bridgehead atoms. The molecule has 0 heterocycles. The Balaban J connectivity index is 0. The summed E-state index contributed by atoms with van der Waals surface area (Å²) in [6.07, 6.45) is 3.89. The molecule has 0 saturated heterocycles. The third-order valence-corrected chi connectivity index (χ3v) is 3.16. The second-order valence-corrected chi connectivity index (χ2v) is 6.67. The summed E-state index contributed by atoms with van der Waals surface area (Å²) in [5.41, 5.74) is -0.00289. The van der Waals surface area contributed by atoms with E-state index in [1.807, 2.05) is 12.2 Å². The SMILES string of the molecule is C=CCN(CC=C)C(CNC(=NC)NC(C)(C)C)C(C)C.I. The molecule has 130 valence electrons. The zero-order valence-corrected chi connectivity index (χ0v) is 17.5. The van der Waals surface area contributed by atoms with E-state index in [0.29, 0.717) is 12.0 Å². The van der Waals surface area contributed by atoms with Crippen molar-refractivity contribution in [1.82, 2.24) is 15.5 Å². The minimum absolute atomic E-state index is 0. The van der Waals surface area contributed by atoms with E-state index in [0.717, 1.165) is 25.6 Å². The minimum atomic E-state index is -0.00289. The van der Waals surface area contributed by atoms with Crippen LogP contribution >= 0.6 is 24.0 Å². The molecule has 4 nitrogen and oxygen atoms in total. The van der Waals surface area contributed by atoms with Crippen LogP contribution in [-0.4, -0.2) is 49.1 Å². The fourth-order valence-corrected chi connectivity index (χ4v) is 2.20. The van der Waals surface area contributed by atoms with E-state index in [9.17, 15) is 0 Å². The molecule has 1 unspecified atom stereocenters. The van der Waals surface area contributed by atoms with Crippen LogP contribution in [0.15, 0.2) is 30.3 Å². The topological polar surface area (TPSA) is 39.7 Å². The summed E-state index contributed by atoms with van der Waals surface area (Å²) >= 11 is 0. The van der Waals surface area contributed by atoms with Crippen molar-refractivity contribution in [2.24, 2.45) is 10.9 Å². The van der Waals surface area contributed by atoms with Crippen molar-refractivity contribution >= 4 is 29.9 Å². The molecule has 2 N–H and O–H groups in total. The molecule has 0 aromatic carbocycles. The maximum absolute atomic E-state index is 4.29. The van der Waals surface area contributed by atoms with E-state index in [2.05, 4.69) is 68.3 Å². The first-order chi connectivity index (χ1) is 9.75. The van der Waals surface area contributed by atoms with Gasteiger partial charge in [-0.1, -0.05) is 26.0 Å². The zero-order chi connectivity index (χ0) is 16.5. The number of hydrogen-bond acceptors (Lipinski definition) is 2. The summed E-state index contributed by atoms with van der Waals surface area (Å²) in [4.78, 5) is 6.67. The molecular formula is C17H35IN4. The Bertz CT molecular complexity index is 335. The highest BCUT2D eigenvalue weighted by molar-refractivity contribution is 14.0. The molecular weight excluding hydrogens is 387 g/mol. The average molecular weight is 422 g/mol. The molecule has 5 heteroatoms. The van der Waals surface area contributed by atoms with E-state index in [1.54, 1.807) is 7.05 Å². The zero-order valence-electron chi connectivity index (χ0n) is 15.1. The van der Waals surface area contributed by atoms with Crippen molar-refractivity contribution in [2.45, 2.75) is 46.2 Å². The van der Waals surface area contributed by atoms with Crippen LogP contribution in [0.4, 0.5) is 0 Å². The molecule has 0 saturated carbocycles. The molecule has 0 aliphatic heterocycles. The maximum Gasteiger partial charge on any atom is 0.191 e. The molecule has 0 aliphatic rings. The lowest BCUT2D eigenvalue weighted by Gasteiger charge is -2.34. The Morgan fingerprint density at radius 2 is 1.68 bits per heavy atom. The molecule has 0 fully saturated rings. The molecule has 0 rings (SSSR count). The molecule has 22 heavy (non-hydrogen) atoms. The Morgan fingerprint density at radius 3 is 2.00 bits per heavy atom. The van der Waals surface area contributed by atoms with Gasteiger partial charge < -0.3 is 10.6 Å². The quantitative estimate of drug-likeness (QED) is 0.273. The first-order valence-corrected chi connectivity index (χ1v) is 7.69. The number of hydrogen-bond donors (Lipinski definition) is 2. The van der Waals surface area contributed by atoms with Gasteiger partial charge in [-0.3, -0.25) is 9.89 Å². The smallest absolute Gasteiger partial charge is 0.191 e. The molecule has 0 aromatic rings. The molecule has 0 spiro atoms. The van der Waals surface area contributed by atoms with E-state index >= 15 is 0 Å². The average Bonchev–Trinajstić information content (AvgIpc) is 2.36. The second kappa shape index (κ2) is 11.9. The highest BCUT2D eigenvalue weighted by Gasteiger charge is 2.21. The standard InChI is InChI=1S/C17H34N4.HI/c1-9-11-21(12-10-2)15(14(3)4)13-19-16(18-8)20-17(5,6)7;/h9-10,14-15H,1-2,11-13H2,3-8H3,(H2,18,19,20);1H. The third-order valence-electron chi connectivity index (χ3n) is 3.16. The van der Waals surface area contributed by atoms with Crippen molar-refractivity contribution in [1.29, 1.82) is 0 Å². The summed E-state index contributed by atoms with van der Waals surface area (Å²) in [7, 11) is 1.80. The lowest BCUT2D eigenvalue weighted by molar-refractivity contribution is 0.190. The van der Waals surface area contributed by atoms with Gasteiger partial charge in [0.2, 0.25) is 0 Å². The fourth-order valence-electron chi connectivity index (χ4n) is 2.20. The Kier molecular flexibility index (Phi) is 12.9. The lowest BCUT2D eigenvalue weighted by Crippen LogP contribution is -2.52. The van der Waals surface area contributed by atoms with E-state index < -0.39 is 0 Å². The number of guanidine groups is 1. The van der Waals surface area contributed by atoms with Gasteiger partial charge in [0.25, 0.3) is 0 Å². The van der Waals surface area contributed by atoms with Crippen molar-refractivity contribution < 1.29 is 0 Å². The minimum Gasteiger partial charge on any atom is -0.355 e. The Labute approximate surface area is 154 Å². The summed E-state index contributed by atoms with van der Waals surface area (Å²) < 4.78 is 0. The van der Waals surface area contributed by atoms with Crippen molar-refractivity contribution in [3.05, 3.63) is 25.3 Å². The van der Waals surface area contributed by atoms with Crippen LogP contribution in [0.5, 0.6) is 0 Å². The van der Waals surface area contributed by atoms with Crippen LogP contribution in [0.1, 0.15) is 34.6 Å². The number of halogens is 1. The van der Waals surface area contributed by atoms with Crippen LogP contribution in [0.25, 0.3) is 0 Å². The van der Waals surface area contributed by atoms with Crippen LogP contribution < -0.4 is 10.6 Å². The Morgan fingerprint density at radius 1 is 1.18 bits per heavy atom. The molecule has 0 amide bonds. The van der Waals surface area contributed by atoms with Gasteiger partial charge in [0.15, 0.2) is 5.96 Å². The molecule has 0 radical (unpaired) electrons. The summed E-state index contributed by atoms with van der Waals surface area (Å²) in [5, 5.41) is 6.82. The number of rotatable bonds is 8. The van der Waals surface area contributed by atoms with Gasteiger partial charge >= 0.3 is 0 Å². The monoisotopic (exact) mass is 422 g/mol. The van der Waals surface area contributed by atoms with Gasteiger partial charge in [-0.25, -0.2) is 0 Å². The van der Waals surface area contributed by atoms with Crippen molar-refractivity contribution in [3.63, 3.8) is 0 Å². The van der Waals surface area contributed by atoms with Crippen molar-refractivity contribution in [2.75, 3.05) is 26.7 Å². The summed E-state index contributed by atoms with van der Waals surface area (Å²) in [6.45, 7) is 21.1. The first kappa shape index (κ1) is 23.7. The van der Waals surface area contributed by atoms with E-state index in [4.69, 9.17) is 0 Å². The molecule has 0 aliphatic carbocycles. The summed E-state index contributed by atoms with van der Waals surface area (Å²) in [6, 6.07) is 0.402.